The number of nitrogens with zero attached hydrogens (tertiary/aromatic N) is 4. The van der Waals surface area contributed by atoms with Gasteiger partial charge in [0.05, 0.1) is 29.1 Å². The lowest BCUT2D eigenvalue weighted by atomic mass is 10.2. The summed E-state index contributed by atoms with van der Waals surface area (Å²) in [6.07, 6.45) is 1.73. The number of carbonyl (C=O) groups excluding carboxylic acids is 1. The molecule has 6 nitrogen and oxygen atoms in total. The molecule has 0 unspecified atom stereocenters. The third-order valence-electron chi connectivity index (χ3n) is 4.94. The maximum atomic E-state index is 13.0. The number of hydrogen-bond acceptors (Lipinski definition) is 5. The van der Waals surface area contributed by atoms with Crippen LogP contribution in [0, 0.1) is 13.8 Å². The largest absolute Gasteiger partial charge is 0.323 e. The average molecular weight is 412 g/mol. The number of nitrogens with one attached hydrogen (secondary N) is 1. The van der Waals surface area contributed by atoms with Crippen molar-refractivity contribution in [3.63, 3.8) is 0 Å². The lowest BCUT2D eigenvalue weighted by molar-refractivity contribution is -0.117. The van der Waals surface area contributed by atoms with Gasteiger partial charge >= 0.3 is 0 Å². The molecule has 0 aliphatic rings. The van der Waals surface area contributed by atoms with E-state index in [1.807, 2.05) is 80.6 Å². The molecule has 6 heteroatoms. The second-order valence-electron chi connectivity index (χ2n) is 7.61. The summed E-state index contributed by atoms with van der Waals surface area (Å²) in [5.74, 6) is -0.0986. The highest BCUT2D eigenvalue weighted by Gasteiger charge is 2.15. The number of hydrogen-bond donors (Lipinski definition) is 1. The lowest BCUT2D eigenvalue weighted by Gasteiger charge is -2.21. The zero-order valence-electron chi connectivity index (χ0n) is 17.7. The van der Waals surface area contributed by atoms with Crippen LogP contribution in [0.2, 0.25) is 0 Å². The second-order valence-corrected chi connectivity index (χ2v) is 7.61. The molecule has 0 bridgehead atoms. The van der Waals surface area contributed by atoms with Crippen LogP contribution in [0.3, 0.4) is 0 Å². The van der Waals surface area contributed by atoms with Crippen molar-refractivity contribution in [1.29, 1.82) is 0 Å². The molecular weight excluding hydrogens is 386 g/mol. The standard InChI is InChI=1S/C25H25N5O/c1-18-7-3-11-21(27-18)15-30(16-22-12-4-8-19(2)28-22)17-24(31)29-23-13-5-9-20-10-6-14-26-25(20)23/h3-14H,15-17H2,1-2H3,(H,29,31). The molecule has 0 atom stereocenters. The van der Waals surface area contributed by atoms with Crippen molar-refractivity contribution in [1.82, 2.24) is 19.9 Å². The number of rotatable bonds is 7. The number of para-hydroxylation sites is 1. The maximum absolute atomic E-state index is 13.0. The SMILES string of the molecule is Cc1cccc(CN(CC(=O)Nc2cccc3cccnc23)Cc2cccc(C)n2)n1. The summed E-state index contributed by atoms with van der Waals surface area (Å²) in [5, 5.41) is 4.02. The first-order valence-electron chi connectivity index (χ1n) is 10.3. The summed E-state index contributed by atoms with van der Waals surface area (Å²) < 4.78 is 0. The fourth-order valence-corrected chi connectivity index (χ4v) is 3.60. The molecule has 31 heavy (non-hydrogen) atoms. The summed E-state index contributed by atoms with van der Waals surface area (Å²) in [6, 6.07) is 21.5. The zero-order chi connectivity index (χ0) is 21.6. The van der Waals surface area contributed by atoms with Gasteiger partial charge < -0.3 is 5.32 Å². The Morgan fingerprint density at radius 1 is 0.839 bits per heavy atom. The van der Waals surface area contributed by atoms with E-state index in [1.165, 1.54) is 0 Å². The van der Waals surface area contributed by atoms with Gasteiger partial charge in [-0.2, -0.15) is 0 Å². The zero-order valence-corrected chi connectivity index (χ0v) is 17.7. The highest BCUT2D eigenvalue weighted by atomic mass is 16.2. The Balaban J connectivity index is 1.53. The van der Waals surface area contributed by atoms with Gasteiger partial charge in [-0.25, -0.2) is 0 Å². The minimum absolute atomic E-state index is 0.0986. The normalized spacial score (nSPS) is 11.1. The average Bonchev–Trinajstić information content (AvgIpc) is 2.74. The van der Waals surface area contributed by atoms with Gasteiger partial charge in [-0.15, -0.1) is 0 Å². The highest BCUT2D eigenvalue weighted by molar-refractivity contribution is 6.00. The van der Waals surface area contributed by atoms with E-state index in [1.54, 1.807) is 6.20 Å². The molecule has 0 saturated carbocycles. The molecule has 0 fully saturated rings. The quantitative estimate of drug-likeness (QED) is 0.491. The Kier molecular flexibility index (Phi) is 6.29. The van der Waals surface area contributed by atoms with Crippen molar-refractivity contribution >= 4 is 22.5 Å². The van der Waals surface area contributed by atoms with E-state index >= 15 is 0 Å². The molecule has 156 valence electrons. The van der Waals surface area contributed by atoms with Crippen molar-refractivity contribution in [3.05, 3.63) is 95.7 Å². The number of carbonyl (C=O) groups is 1. The van der Waals surface area contributed by atoms with E-state index in [0.717, 1.165) is 33.7 Å². The third-order valence-corrected chi connectivity index (χ3v) is 4.94. The monoisotopic (exact) mass is 411 g/mol. The Morgan fingerprint density at radius 2 is 1.45 bits per heavy atom. The number of benzene rings is 1. The summed E-state index contributed by atoms with van der Waals surface area (Å²) in [5.41, 5.74) is 5.25. The predicted molar refractivity (Wildman–Crippen MR) is 122 cm³/mol. The molecule has 1 amide bonds. The van der Waals surface area contributed by atoms with Crippen LogP contribution in [-0.4, -0.2) is 32.3 Å². The number of aryl methyl sites for hydroxylation is 2. The number of pyridine rings is 3. The van der Waals surface area contributed by atoms with Crippen LogP contribution in [0.1, 0.15) is 22.8 Å². The van der Waals surface area contributed by atoms with Crippen molar-refractivity contribution in [3.8, 4) is 0 Å². The van der Waals surface area contributed by atoms with Gasteiger partial charge in [0.2, 0.25) is 5.91 Å². The van der Waals surface area contributed by atoms with Crippen LogP contribution in [0.15, 0.2) is 72.9 Å². The van der Waals surface area contributed by atoms with E-state index in [2.05, 4.69) is 25.2 Å². The molecule has 4 rings (SSSR count). The van der Waals surface area contributed by atoms with Gasteiger partial charge in [0, 0.05) is 36.1 Å². The first-order chi connectivity index (χ1) is 15.1. The van der Waals surface area contributed by atoms with Crippen molar-refractivity contribution in [2.45, 2.75) is 26.9 Å². The molecule has 0 aliphatic heterocycles. The van der Waals surface area contributed by atoms with E-state index in [-0.39, 0.29) is 12.5 Å². The van der Waals surface area contributed by atoms with Crippen LogP contribution in [0.25, 0.3) is 10.9 Å². The number of aromatic nitrogens is 3. The summed E-state index contributed by atoms with van der Waals surface area (Å²) >= 11 is 0. The minimum Gasteiger partial charge on any atom is -0.323 e. The molecule has 0 radical (unpaired) electrons. The predicted octanol–water partition coefficient (Wildman–Crippen LogP) is 4.28. The fraction of sp³-hybridized carbons (Fsp3) is 0.200. The summed E-state index contributed by atoms with van der Waals surface area (Å²) in [6.45, 7) is 5.26. The van der Waals surface area contributed by atoms with E-state index in [4.69, 9.17) is 0 Å². The van der Waals surface area contributed by atoms with E-state index < -0.39 is 0 Å². The van der Waals surface area contributed by atoms with E-state index in [0.29, 0.717) is 18.8 Å². The number of fused-ring (bicyclic) bond motifs is 1. The number of amides is 1. The Hall–Kier alpha value is -3.64. The summed E-state index contributed by atoms with van der Waals surface area (Å²) in [4.78, 5) is 28.6. The first kappa shape index (κ1) is 20.6. The summed E-state index contributed by atoms with van der Waals surface area (Å²) in [7, 11) is 0. The van der Waals surface area contributed by atoms with Crippen LogP contribution in [-0.2, 0) is 17.9 Å². The van der Waals surface area contributed by atoms with Crippen molar-refractivity contribution in [2.24, 2.45) is 0 Å². The first-order valence-corrected chi connectivity index (χ1v) is 10.3. The van der Waals surface area contributed by atoms with Gasteiger partial charge in [0.25, 0.3) is 0 Å². The molecule has 1 N–H and O–H groups in total. The van der Waals surface area contributed by atoms with Crippen LogP contribution < -0.4 is 5.32 Å². The van der Waals surface area contributed by atoms with Gasteiger partial charge in [-0.3, -0.25) is 24.6 Å². The Labute approximate surface area is 182 Å². The molecule has 4 aromatic rings. The number of anilines is 1. The Morgan fingerprint density at radius 3 is 2.10 bits per heavy atom. The van der Waals surface area contributed by atoms with Crippen molar-refractivity contribution < 1.29 is 4.79 Å². The molecule has 0 spiro atoms. The van der Waals surface area contributed by atoms with Gasteiger partial charge in [-0.1, -0.05) is 30.3 Å². The lowest BCUT2D eigenvalue weighted by Crippen LogP contribution is -2.33. The van der Waals surface area contributed by atoms with Gasteiger partial charge in [0.15, 0.2) is 0 Å². The molecule has 3 heterocycles. The molecule has 3 aromatic heterocycles. The third kappa shape index (κ3) is 5.49. The minimum atomic E-state index is -0.0986. The highest BCUT2D eigenvalue weighted by Crippen LogP contribution is 2.20. The van der Waals surface area contributed by atoms with Crippen LogP contribution in [0.4, 0.5) is 5.69 Å². The smallest absolute Gasteiger partial charge is 0.238 e. The molecule has 0 aliphatic carbocycles. The van der Waals surface area contributed by atoms with Crippen LogP contribution >= 0.6 is 0 Å². The molecular formula is C25H25N5O. The van der Waals surface area contributed by atoms with E-state index in [9.17, 15) is 4.79 Å². The van der Waals surface area contributed by atoms with Crippen LogP contribution in [0.5, 0.6) is 0 Å². The molecule has 0 saturated heterocycles. The maximum Gasteiger partial charge on any atom is 0.238 e. The Bertz CT molecular complexity index is 1150. The topological polar surface area (TPSA) is 71.0 Å². The molecule has 1 aromatic carbocycles. The van der Waals surface area contributed by atoms with Crippen molar-refractivity contribution in [2.75, 3.05) is 11.9 Å². The second kappa shape index (κ2) is 9.45. The van der Waals surface area contributed by atoms with Gasteiger partial charge in [0.1, 0.15) is 0 Å². The van der Waals surface area contributed by atoms with Gasteiger partial charge in [-0.05, 0) is 50.2 Å². The fourth-order valence-electron chi connectivity index (χ4n) is 3.60.